The second kappa shape index (κ2) is 12.0. The Morgan fingerprint density at radius 1 is 0.889 bits per heavy atom. The lowest BCUT2D eigenvalue weighted by Crippen LogP contribution is -2.16. The van der Waals surface area contributed by atoms with Gasteiger partial charge in [0.1, 0.15) is 5.82 Å². The van der Waals surface area contributed by atoms with Gasteiger partial charge in [-0.05, 0) is 40.0 Å². The van der Waals surface area contributed by atoms with Crippen molar-refractivity contribution in [1.29, 1.82) is 0 Å². The lowest BCUT2D eigenvalue weighted by molar-refractivity contribution is -0.0246. The number of hydrogen-bond donors (Lipinski definition) is 1. The maximum absolute atomic E-state index is 14.8. The van der Waals surface area contributed by atoms with E-state index in [2.05, 4.69) is 37.6 Å². The van der Waals surface area contributed by atoms with Gasteiger partial charge in [0.05, 0.1) is 0 Å². The van der Waals surface area contributed by atoms with E-state index < -0.39 is 5.92 Å². The van der Waals surface area contributed by atoms with Gasteiger partial charge in [0.15, 0.2) is 5.82 Å². The fraction of sp³-hybridized carbons (Fsp3) is 0.444. The van der Waals surface area contributed by atoms with E-state index >= 15 is 0 Å². The molecule has 0 saturated heterocycles. The van der Waals surface area contributed by atoms with Crippen LogP contribution in [-0.4, -0.2) is 35.4 Å². The Kier molecular flexibility index (Phi) is 8.51. The van der Waals surface area contributed by atoms with Crippen molar-refractivity contribution in [3.8, 4) is 22.5 Å². The van der Waals surface area contributed by atoms with Crippen molar-refractivity contribution in [2.75, 3.05) is 0 Å². The molecule has 0 atom stereocenters. The van der Waals surface area contributed by atoms with Crippen molar-refractivity contribution >= 4 is 0 Å². The number of tetrazole rings is 1. The van der Waals surface area contributed by atoms with E-state index in [1.165, 1.54) is 0 Å². The molecule has 0 fully saturated rings. The minimum atomic E-state index is -3.01. The van der Waals surface area contributed by atoms with Crippen LogP contribution in [0.4, 0.5) is 8.78 Å². The molecular weight excluding hydrogens is 460 g/mol. The van der Waals surface area contributed by atoms with Gasteiger partial charge < -0.3 is 0 Å². The molecule has 36 heavy (non-hydrogen) atoms. The predicted octanol–water partition coefficient (Wildman–Crippen LogP) is 6.58. The van der Waals surface area contributed by atoms with Crippen LogP contribution >= 0.6 is 0 Å². The summed E-state index contributed by atoms with van der Waals surface area (Å²) in [5.74, 6) is -2.18. The SMILES string of the molecule is CCCCCCn1nc(C(F)(F)CCCC)nc1Cc1ccc(-c2ccccc2-c2nnn[nH]2)cc1. The lowest BCUT2D eigenvalue weighted by Gasteiger charge is -2.11. The van der Waals surface area contributed by atoms with E-state index in [0.717, 1.165) is 47.9 Å². The van der Waals surface area contributed by atoms with Gasteiger partial charge >= 0.3 is 5.92 Å². The number of aryl methyl sites for hydroxylation is 1. The molecule has 0 aliphatic heterocycles. The first-order valence-corrected chi connectivity index (χ1v) is 12.8. The molecule has 9 heteroatoms. The number of H-pyrrole nitrogens is 1. The van der Waals surface area contributed by atoms with E-state index in [4.69, 9.17) is 0 Å². The Labute approximate surface area is 210 Å². The molecule has 0 amide bonds. The number of unbranched alkanes of at least 4 members (excludes halogenated alkanes) is 4. The van der Waals surface area contributed by atoms with Crippen molar-refractivity contribution in [2.24, 2.45) is 0 Å². The van der Waals surface area contributed by atoms with Crippen molar-refractivity contribution < 1.29 is 8.78 Å². The van der Waals surface area contributed by atoms with Crippen molar-refractivity contribution in [2.45, 2.75) is 77.7 Å². The van der Waals surface area contributed by atoms with Gasteiger partial charge in [-0.3, -0.25) is 0 Å². The van der Waals surface area contributed by atoms with Crippen LogP contribution < -0.4 is 0 Å². The highest BCUT2D eigenvalue weighted by Gasteiger charge is 2.36. The highest BCUT2D eigenvalue weighted by molar-refractivity contribution is 5.80. The molecule has 0 aliphatic carbocycles. The molecule has 0 unspecified atom stereocenters. The van der Waals surface area contributed by atoms with Gasteiger partial charge in [-0.2, -0.15) is 8.78 Å². The summed E-state index contributed by atoms with van der Waals surface area (Å²) < 4.78 is 31.2. The Bertz CT molecular complexity index is 1220. The first-order chi connectivity index (χ1) is 17.5. The molecule has 7 nitrogen and oxygen atoms in total. The standard InChI is InChI=1S/C27H33F2N7/c1-3-5-7-10-18-36-24(30-26(33-36)27(28,29)17-6-4-2)19-20-13-15-21(16-14-20)22-11-8-9-12-23(22)25-31-34-35-32-25/h8-9,11-16H,3-7,10,17-19H2,1-2H3,(H,31,32,34,35). The zero-order chi connectivity index (χ0) is 25.4. The Morgan fingerprint density at radius 2 is 1.64 bits per heavy atom. The van der Waals surface area contributed by atoms with E-state index in [1.807, 2.05) is 55.5 Å². The van der Waals surface area contributed by atoms with Gasteiger partial charge in [0.2, 0.25) is 5.82 Å². The number of benzene rings is 2. The lowest BCUT2D eigenvalue weighted by atomic mass is 9.98. The second-order valence-electron chi connectivity index (χ2n) is 9.11. The van der Waals surface area contributed by atoms with Gasteiger partial charge in [-0.25, -0.2) is 14.8 Å². The number of aromatic amines is 1. The molecule has 4 rings (SSSR count). The summed E-state index contributed by atoms with van der Waals surface area (Å²) in [4.78, 5) is 4.33. The highest BCUT2D eigenvalue weighted by Crippen LogP contribution is 2.32. The summed E-state index contributed by atoms with van der Waals surface area (Å²) in [7, 11) is 0. The molecule has 190 valence electrons. The fourth-order valence-electron chi connectivity index (χ4n) is 4.24. The summed E-state index contributed by atoms with van der Waals surface area (Å²) in [6.45, 7) is 4.66. The minimum Gasteiger partial charge on any atom is -0.249 e. The maximum Gasteiger partial charge on any atom is 0.308 e. The van der Waals surface area contributed by atoms with Crippen molar-refractivity contribution in [3.05, 3.63) is 65.7 Å². The van der Waals surface area contributed by atoms with E-state index in [1.54, 1.807) is 4.68 Å². The molecule has 0 saturated carbocycles. The number of alkyl halides is 2. The summed E-state index contributed by atoms with van der Waals surface area (Å²) in [6, 6.07) is 16.0. The second-order valence-corrected chi connectivity index (χ2v) is 9.11. The monoisotopic (exact) mass is 493 g/mol. The van der Waals surface area contributed by atoms with Gasteiger partial charge in [-0.15, -0.1) is 10.2 Å². The van der Waals surface area contributed by atoms with Gasteiger partial charge in [-0.1, -0.05) is 88.1 Å². The molecule has 0 bridgehead atoms. The normalized spacial score (nSPS) is 11.8. The summed E-state index contributed by atoms with van der Waals surface area (Å²) in [5.41, 5.74) is 3.90. The fourth-order valence-corrected chi connectivity index (χ4v) is 4.24. The predicted molar refractivity (Wildman–Crippen MR) is 135 cm³/mol. The third-order valence-electron chi connectivity index (χ3n) is 6.30. The number of hydrogen-bond acceptors (Lipinski definition) is 5. The van der Waals surface area contributed by atoms with Crippen molar-refractivity contribution in [1.82, 2.24) is 35.4 Å². The third kappa shape index (κ3) is 6.19. The number of halogens is 2. The number of aromatic nitrogens is 7. The topological polar surface area (TPSA) is 85.2 Å². The molecule has 2 heterocycles. The Hall–Kier alpha value is -3.49. The first kappa shape index (κ1) is 25.6. The molecule has 2 aromatic heterocycles. The molecule has 4 aromatic rings. The van der Waals surface area contributed by atoms with E-state index in [9.17, 15) is 8.78 Å². The number of rotatable bonds is 13. The van der Waals surface area contributed by atoms with Crippen LogP contribution in [0.1, 0.15) is 76.0 Å². The first-order valence-electron chi connectivity index (χ1n) is 12.8. The van der Waals surface area contributed by atoms with Crippen LogP contribution in [0.2, 0.25) is 0 Å². The number of nitrogens with zero attached hydrogens (tertiary/aromatic N) is 6. The van der Waals surface area contributed by atoms with Crippen LogP contribution in [0.5, 0.6) is 0 Å². The third-order valence-corrected chi connectivity index (χ3v) is 6.30. The Morgan fingerprint density at radius 3 is 2.33 bits per heavy atom. The zero-order valence-corrected chi connectivity index (χ0v) is 20.9. The average molecular weight is 494 g/mol. The minimum absolute atomic E-state index is 0.225. The van der Waals surface area contributed by atoms with Crippen LogP contribution in [0.3, 0.4) is 0 Å². The van der Waals surface area contributed by atoms with Crippen LogP contribution in [0, 0.1) is 0 Å². The molecule has 2 aromatic carbocycles. The highest BCUT2D eigenvalue weighted by atomic mass is 19.3. The Balaban J connectivity index is 1.56. The van der Waals surface area contributed by atoms with E-state index in [0.29, 0.717) is 37.5 Å². The van der Waals surface area contributed by atoms with E-state index in [-0.39, 0.29) is 12.2 Å². The zero-order valence-electron chi connectivity index (χ0n) is 20.9. The van der Waals surface area contributed by atoms with Gasteiger partial charge in [0.25, 0.3) is 0 Å². The number of nitrogens with one attached hydrogen (secondary N) is 1. The van der Waals surface area contributed by atoms with Gasteiger partial charge in [0, 0.05) is 24.9 Å². The van der Waals surface area contributed by atoms with Crippen molar-refractivity contribution in [3.63, 3.8) is 0 Å². The quantitative estimate of drug-likeness (QED) is 0.213. The molecule has 0 aliphatic rings. The summed E-state index contributed by atoms with van der Waals surface area (Å²) >= 11 is 0. The molecule has 0 spiro atoms. The maximum atomic E-state index is 14.8. The van der Waals surface area contributed by atoms with Crippen LogP contribution in [0.25, 0.3) is 22.5 Å². The largest absolute Gasteiger partial charge is 0.308 e. The molecule has 0 radical (unpaired) electrons. The molecule has 1 N–H and O–H groups in total. The van der Waals surface area contributed by atoms with Crippen LogP contribution in [0.15, 0.2) is 48.5 Å². The summed E-state index contributed by atoms with van der Waals surface area (Å²) in [6.07, 6.45) is 5.56. The molecular formula is C27H33F2N7. The van der Waals surface area contributed by atoms with Crippen LogP contribution in [-0.2, 0) is 18.9 Å². The summed E-state index contributed by atoms with van der Waals surface area (Å²) in [5, 5.41) is 18.5. The smallest absolute Gasteiger partial charge is 0.249 e. The average Bonchev–Trinajstić information content (AvgIpc) is 3.57.